The van der Waals surface area contributed by atoms with Gasteiger partial charge in [-0.15, -0.1) is 0 Å². The summed E-state index contributed by atoms with van der Waals surface area (Å²) in [5.41, 5.74) is 5.13. The Balaban J connectivity index is 2.91. The summed E-state index contributed by atoms with van der Waals surface area (Å²) in [6, 6.07) is 4.94. The van der Waals surface area contributed by atoms with Crippen LogP contribution in [0.5, 0.6) is 5.75 Å². The Morgan fingerprint density at radius 1 is 1.60 bits per heavy atom. The molecule has 4 N–H and O–H groups in total. The van der Waals surface area contributed by atoms with Gasteiger partial charge in [-0.05, 0) is 47.2 Å². The van der Waals surface area contributed by atoms with Crippen LogP contribution in [-0.2, 0) is 11.2 Å². The Labute approximate surface area is 101 Å². The van der Waals surface area contributed by atoms with E-state index in [9.17, 15) is 9.90 Å². The quantitative estimate of drug-likeness (QED) is 0.734. The van der Waals surface area contributed by atoms with Crippen molar-refractivity contribution in [2.75, 3.05) is 0 Å². The fourth-order valence-corrected chi connectivity index (χ4v) is 1.74. The molecule has 0 aliphatic heterocycles. The number of aliphatic carboxylic acids is 1. The molecule has 15 heavy (non-hydrogen) atoms. The number of rotatable bonds is 3. The lowest BCUT2D eigenvalue weighted by Gasteiger charge is -2.19. The molecule has 5 heteroatoms. The van der Waals surface area contributed by atoms with Crippen molar-refractivity contribution in [2.24, 2.45) is 5.73 Å². The van der Waals surface area contributed by atoms with Crippen LogP contribution in [0, 0.1) is 3.57 Å². The topological polar surface area (TPSA) is 83.5 Å². The highest BCUT2D eigenvalue weighted by molar-refractivity contribution is 14.1. The Kier molecular flexibility index (Phi) is 3.56. The van der Waals surface area contributed by atoms with E-state index in [0.29, 0.717) is 3.57 Å². The van der Waals surface area contributed by atoms with E-state index in [-0.39, 0.29) is 12.2 Å². The van der Waals surface area contributed by atoms with Gasteiger partial charge in [0.2, 0.25) is 0 Å². The normalized spacial score (nSPS) is 14.6. The summed E-state index contributed by atoms with van der Waals surface area (Å²) in [7, 11) is 0. The van der Waals surface area contributed by atoms with Crippen molar-refractivity contribution in [1.82, 2.24) is 0 Å². The smallest absolute Gasteiger partial charge is 0.323 e. The first-order valence-electron chi connectivity index (χ1n) is 4.32. The summed E-state index contributed by atoms with van der Waals surface area (Å²) in [6.07, 6.45) is 0.235. The van der Waals surface area contributed by atoms with Crippen molar-refractivity contribution in [3.8, 4) is 5.75 Å². The minimum Gasteiger partial charge on any atom is -0.507 e. The summed E-state index contributed by atoms with van der Waals surface area (Å²) >= 11 is 1.98. The maximum Gasteiger partial charge on any atom is 0.323 e. The number of phenols is 1. The number of hydrogen-bond acceptors (Lipinski definition) is 3. The van der Waals surface area contributed by atoms with Crippen molar-refractivity contribution >= 4 is 28.6 Å². The third-order valence-corrected chi connectivity index (χ3v) is 2.94. The molecule has 82 valence electrons. The van der Waals surface area contributed by atoms with Gasteiger partial charge >= 0.3 is 5.97 Å². The van der Waals surface area contributed by atoms with E-state index in [1.807, 2.05) is 22.6 Å². The Morgan fingerprint density at radius 3 is 2.67 bits per heavy atom. The zero-order valence-corrected chi connectivity index (χ0v) is 10.4. The molecule has 0 unspecified atom stereocenters. The van der Waals surface area contributed by atoms with Crippen LogP contribution in [0.1, 0.15) is 12.5 Å². The molecule has 0 aliphatic rings. The second kappa shape index (κ2) is 4.36. The van der Waals surface area contributed by atoms with Crippen LogP contribution in [0.4, 0.5) is 0 Å². The van der Waals surface area contributed by atoms with Crippen molar-refractivity contribution in [2.45, 2.75) is 18.9 Å². The van der Waals surface area contributed by atoms with Gasteiger partial charge in [0.05, 0.1) is 3.57 Å². The van der Waals surface area contributed by atoms with E-state index < -0.39 is 11.5 Å². The van der Waals surface area contributed by atoms with Gasteiger partial charge in [0.25, 0.3) is 0 Å². The van der Waals surface area contributed by atoms with Gasteiger partial charge in [0.1, 0.15) is 11.3 Å². The average molecular weight is 321 g/mol. The van der Waals surface area contributed by atoms with Gasteiger partial charge in [0, 0.05) is 6.42 Å². The van der Waals surface area contributed by atoms with Crippen LogP contribution in [0.2, 0.25) is 0 Å². The molecule has 1 aromatic rings. The standard InChI is InChI=1S/C10H12INO3/c1-10(12,9(14)15)5-6-2-3-8(13)7(11)4-6/h2-4,13H,5,12H2,1H3,(H,14,15)/t10-/m0/s1. The second-order valence-electron chi connectivity index (χ2n) is 3.69. The highest BCUT2D eigenvalue weighted by Crippen LogP contribution is 2.22. The zero-order valence-electron chi connectivity index (χ0n) is 8.20. The molecule has 1 rings (SSSR count). The van der Waals surface area contributed by atoms with Gasteiger partial charge in [-0.1, -0.05) is 6.07 Å². The molecule has 0 saturated heterocycles. The van der Waals surface area contributed by atoms with E-state index in [1.54, 1.807) is 12.1 Å². The summed E-state index contributed by atoms with van der Waals surface area (Å²) in [6.45, 7) is 1.47. The number of phenolic OH excluding ortho intramolecular Hbond substituents is 1. The predicted octanol–water partition coefficient (Wildman–Crippen LogP) is 1.34. The minimum atomic E-state index is -1.28. The van der Waals surface area contributed by atoms with E-state index >= 15 is 0 Å². The van der Waals surface area contributed by atoms with Gasteiger partial charge in [-0.2, -0.15) is 0 Å². The maximum absolute atomic E-state index is 10.8. The molecule has 0 amide bonds. The van der Waals surface area contributed by atoms with Crippen LogP contribution in [0.25, 0.3) is 0 Å². The molecule has 0 radical (unpaired) electrons. The summed E-state index contributed by atoms with van der Waals surface area (Å²) in [4.78, 5) is 10.8. The first-order chi connectivity index (χ1) is 6.83. The van der Waals surface area contributed by atoms with Gasteiger partial charge in [-0.25, -0.2) is 0 Å². The Bertz CT molecular complexity index is 390. The summed E-state index contributed by atoms with van der Waals surface area (Å²) < 4.78 is 0.686. The molecule has 0 aliphatic carbocycles. The fourth-order valence-electron chi connectivity index (χ4n) is 1.16. The van der Waals surface area contributed by atoms with E-state index in [2.05, 4.69) is 0 Å². The number of nitrogens with two attached hydrogens (primary N) is 1. The number of benzene rings is 1. The molecule has 1 aromatic carbocycles. The lowest BCUT2D eigenvalue weighted by atomic mass is 9.94. The third-order valence-electron chi connectivity index (χ3n) is 2.07. The number of carboxylic acid groups (broad SMARTS) is 1. The van der Waals surface area contributed by atoms with Crippen molar-refractivity contribution < 1.29 is 15.0 Å². The maximum atomic E-state index is 10.8. The Hall–Kier alpha value is -0.820. The number of halogens is 1. The van der Waals surface area contributed by atoms with E-state index in [0.717, 1.165) is 5.56 Å². The molecule has 0 fully saturated rings. The molecule has 0 bridgehead atoms. The number of carbonyl (C=O) groups is 1. The summed E-state index contributed by atoms with van der Waals surface area (Å²) in [5.74, 6) is -0.848. The second-order valence-corrected chi connectivity index (χ2v) is 4.85. The molecular weight excluding hydrogens is 309 g/mol. The SMILES string of the molecule is C[C@](N)(Cc1ccc(O)c(I)c1)C(=O)O. The highest BCUT2D eigenvalue weighted by atomic mass is 127. The molecule has 0 saturated carbocycles. The molecule has 0 spiro atoms. The first kappa shape index (κ1) is 12.3. The van der Waals surface area contributed by atoms with Crippen molar-refractivity contribution in [3.05, 3.63) is 27.3 Å². The minimum absolute atomic E-state index is 0.188. The molecule has 4 nitrogen and oxygen atoms in total. The fraction of sp³-hybridized carbons (Fsp3) is 0.300. The van der Waals surface area contributed by atoms with Crippen molar-refractivity contribution in [1.29, 1.82) is 0 Å². The predicted molar refractivity (Wildman–Crippen MR) is 64.8 cm³/mol. The van der Waals surface area contributed by atoms with E-state index in [4.69, 9.17) is 10.8 Å². The Morgan fingerprint density at radius 2 is 2.20 bits per heavy atom. The summed E-state index contributed by atoms with van der Waals surface area (Å²) in [5, 5.41) is 18.1. The number of carboxylic acids is 1. The highest BCUT2D eigenvalue weighted by Gasteiger charge is 2.28. The van der Waals surface area contributed by atoms with Gasteiger partial charge in [-0.3, -0.25) is 4.79 Å². The number of aromatic hydroxyl groups is 1. The van der Waals surface area contributed by atoms with Gasteiger partial charge < -0.3 is 15.9 Å². The van der Waals surface area contributed by atoms with Crippen LogP contribution >= 0.6 is 22.6 Å². The first-order valence-corrected chi connectivity index (χ1v) is 5.40. The number of hydrogen-bond donors (Lipinski definition) is 3. The van der Waals surface area contributed by atoms with Gasteiger partial charge in [0.15, 0.2) is 0 Å². The van der Waals surface area contributed by atoms with Crippen LogP contribution in [0.15, 0.2) is 18.2 Å². The lowest BCUT2D eigenvalue weighted by Crippen LogP contribution is -2.46. The largest absolute Gasteiger partial charge is 0.507 e. The van der Waals surface area contributed by atoms with Crippen molar-refractivity contribution in [3.63, 3.8) is 0 Å². The molecule has 0 aromatic heterocycles. The lowest BCUT2D eigenvalue weighted by molar-refractivity contribution is -0.142. The molecule has 0 heterocycles. The van der Waals surface area contributed by atoms with Crippen LogP contribution < -0.4 is 5.73 Å². The molecule has 1 atom stereocenters. The average Bonchev–Trinajstić information content (AvgIpc) is 2.10. The van der Waals surface area contributed by atoms with E-state index in [1.165, 1.54) is 13.0 Å². The van der Waals surface area contributed by atoms with Crippen LogP contribution in [-0.4, -0.2) is 21.7 Å². The third kappa shape index (κ3) is 3.07. The monoisotopic (exact) mass is 321 g/mol. The van der Waals surface area contributed by atoms with Crippen LogP contribution in [0.3, 0.4) is 0 Å². The zero-order chi connectivity index (χ0) is 11.6. The molecular formula is C10H12INO3.